The Morgan fingerprint density at radius 2 is 2.18 bits per heavy atom. The van der Waals surface area contributed by atoms with Gasteiger partial charge in [-0.25, -0.2) is 4.98 Å². The molecule has 0 amide bonds. The highest BCUT2D eigenvalue weighted by Crippen LogP contribution is 2.17. The largest absolute Gasteiger partial charge is 0.389 e. The zero-order chi connectivity index (χ0) is 8.43. The van der Waals surface area contributed by atoms with Gasteiger partial charge in [0.05, 0.1) is 5.02 Å². The standard InChI is InChI=1S/C6H4Cl2N2S/c7-4-1-5(8)10-2-3(4)6(9)11/h1-2H,(H2,9,11). The van der Waals surface area contributed by atoms with E-state index in [0.717, 1.165) is 0 Å². The van der Waals surface area contributed by atoms with E-state index in [0.29, 0.717) is 15.7 Å². The van der Waals surface area contributed by atoms with E-state index >= 15 is 0 Å². The second kappa shape index (κ2) is 3.34. The van der Waals surface area contributed by atoms with E-state index in [1.165, 1.54) is 12.3 Å². The molecule has 0 saturated heterocycles. The molecule has 0 bridgehead atoms. The van der Waals surface area contributed by atoms with Gasteiger partial charge in [-0.15, -0.1) is 0 Å². The van der Waals surface area contributed by atoms with E-state index in [9.17, 15) is 0 Å². The predicted octanol–water partition coefficient (Wildman–Crippen LogP) is 2.02. The molecule has 0 atom stereocenters. The normalized spacial score (nSPS) is 9.64. The van der Waals surface area contributed by atoms with Crippen molar-refractivity contribution >= 4 is 40.4 Å². The van der Waals surface area contributed by atoms with Gasteiger partial charge >= 0.3 is 0 Å². The van der Waals surface area contributed by atoms with E-state index in [1.54, 1.807) is 0 Å². The molecule has 2 N–H and O–H groups in total. The summed E-state index contributed by atoms with van der Waals surface area (Å²) in [6.45, 7) is 0. The first kappa shape index (κ1) is 8.71. The Labute approximate surface area is 79.3 Å². The second-order valence-corrected chi connectivity index (χ2v) is 3.09. The molecule has 0 aromatic carbocycles. The third-order valence-corrected chi connectivity index (χ3v) is 1.82. The average molecular weight is 207 g/mol. The molecule has 1 rings (SSSR count). The number of aromatic nitrogens is 1. The summed E-state index contributed by atoms with van der Waals surface area (Å²) in [5.41, 5.74) is 5.88. The summed E-state index contributed by atoms with van der Waals surface area (Å²) in [4.78, 5) is 4.00. The lowest BCUT2D eigenvalue weighted by Crippen LogP contribution is -2.10. The molecule has 0 aliphatic carbocycles. The molecule has 5 heteroatoms. The van der Waals surface area contributed by atoms with Crippen LogP contribution in [0.25, 0.3) is 0 Å². The predicted molar refractivity (Wildman–Crippen MR) is 50.1 cm³/mol. The van der Waals surface area contributed by atoms with Crippen LogP contribution in [0.1, 0.15) is 5.56 Å². The number of rotatable bonds is 1. The van der Waals surface area contributed by atoms with Crippen LogP contribution < -0.4 is 5.73 Å². The van der Waals surface area contributed by atoms with Gasteiger partial charge in [0.15, 0.2) is 0 Å². The van der Waals surface area contributed by atoms with Gasteiger partial charge in [0, 0.05) is 11.8 Å². The van der Waals surface area contributed by atoms with Crippen molar-refractivity contribution < 1.29 is 0 Å². The van der Waals surface area contributed by atoms with Crippen molar-refractivity contribution in [3.05, 3.63) is 28.0 Å². The Morgan fingerprint density at radius 1 is 1.55 bits per heavy atom. The summed E-state index contributed by atoms with van der Waals surface area (Å²) in [6.07, 6.45) is 1.45. The van der Waals surface area contributed by atoms with E-state index in [4.69, 9.17) is 41.2 Å². The first-order chi connectivity index (χ1) is 5.11. The number of nitrogens with zero attached hydrogens (tertiary/aromatic N) is 1. The van der Waals surface area contributed by atoms with Gasteiger partial charge in [0.25, 0.3) is 0 Å². The number of hydrogen-bond acceptors (Lipinski definition) is 2. The third kappa shape index (κ3) is 2.02. The van der Waals surface area contributed by atoms with Gasteiger partial charge in [-0.2, -0.15) is 0 Å². The minimum Gasteiger partial charge on any atom is -0.389 e. The highest BCUT2D eigenvalue weighted by molar-refractivity contribution is 7.80. The molecule has 0 radical (unpaired) electrons. The molecular formula is C6H4Cl2N2S. The maximum Gasteiger partial charge on any atom is 0.130 e. The van der Waals surface area contributed by atoms with Crippen LogP contribution in [0.5, 0.6) is 0 Å². The van der Waals surface area contributed by atoms with Crippen LogP contribution in [0, 0.1) is 0 Å². The van der Waals surface area contributed by atoms with Crippen molar-refractivity contribution in [3.63, 3.8) is 0 Å². The molecule has 2 nitrogen and oxygen atoms in total. The molecule has 1 heterocycles. The Balaban J connectivity index is 3.20. The van der Waals surface area contributed by atoms with Crippen molar-refractivity contribution in [2.24, 2.45) is 5.73 Å². The number of pyridine rings is 1. The lowest BCUT2D eigenvalue weighted by atomic mass is 10.3. The van der Waals surface area contributed by atoms with Gasteiger partial charge < -0.3 is 5.73 Å². The summed E-state index contributed by atoms with van der Waals surface area (Å²) < 4.78 is 0. The number of hydrogen-bond donors (Lipinski definition) is 1. The zero-order valence-electron chi connectivity index (χ0n) is 5.34. The van der Waals surface area contributed by atoms with E-state index in [-0.39, 0.29) is 4.99 Å². The molecule has 0 saturated carbocycles. The molecule has 58 valence electrons. The smallest absolute Gasteiger partial charge is 0.130 e. The summed E-state index contributed by atoms with van der Waals surface area (Å²) in [5.74, 6) is 0. The second-order valence-electron chi connectivity index (χ2n) is 1.85. The number of halogens is 2. The molecule has 11 heavy (non-hydrogen) atoms. The lowest BCUT2D eigenvalue weighted by Gasteiger charge is -1.99. The Hall–Kier alpha value is -0.380. The van der Waals surface area contributed by atoms with Gasteiger partial charge in [-0.3, -0.25) is 0 Å². The monoisotopic (exact) mass is 206 g/mol. The van der Waals surface area contributed by atoms with Crippen LogP contribution in [0.3, 0.4) is 0 Å². The summed E-state index contributed by atoms with van der Waals surface area (Å²) in [7, 11) is 0. The SMILES string of the molecule is NC(=S)c1cnc(Cl)cc1Cl. The van der Waals surface area contributed by atoms with Gasteiger partial charge in [0.1, 0.15) is 10.1 Å². The van der Waals surface area contributed by atoms with E-state index < -0.39 is 0 Å². The lowest BCUT2D eigenvalue weighted by molar-refractivity contribution is 1.32. The zero-order valence-corrected chi connectivity index (χ0v) is 7.67. The Kier molecular flexibility index (Phi) is 2.65. The minimum absolute atomic E-state index is 0.221. The van der Waals surface area contributed by atoms with E-state index in [2.05, 4.69) is 4.98 Å². The van der Waals surface area contributed by atoms with Crippen molar-refractivity contribution in [3.8, 4) is 0 Å². The first-order valence-electron chi connectivity index (χ1n) is 2.72. The molecule has 1 aromatic heterocycles. The number of nitrogens with two attached hydrogens (primary N) is 1. The molecular weight excluding hydrogens is 203 g/mol. The maximum absolute atomic E-state index is 5.73. The van der Waals surface area contributed by atoms with Crippen molar-refractivity contribution in [2.75, 3.05) is 0 Å². The minimum atomic E-state index is 0.221. The topological polar surface area (TPSA) is 38.9 Å². The number of thiocarbonyl (C=S) groups is 1. The quantitative estimate of drug-likeness (QED) is 0.565. The molecule has 0 aliphatic heterocycles. The van der Waals surface area contributed by atoms with Crippen LogP contribution in [0.4, 0.5) is 0 Å². The Bertz CT molecular complexity index is 301. The van der Waals surface area contributed by atoms with Gasteiger partial charge in [-0.05, 0) is 6.07 Å². The van der Waals surface area contributed by atoms with Crippen LogP contribution in [-0.2, 0) is 0 Å². The molecule has 0 fully saturated rings. The fraction of sp³-hybridized carbons (Fsp3) is 0. The summed E-state index contributed by atoms with van der Waals surface area (Å²) >= 11 is 16.0. The fourth-order valence-electron chi connectivity index (χ4n) is 0.589. The summed E-state index contributed by atoms with van der Waals surface area (Å²) in [5, 5.41) is 0.757. The van der Waals surface area contributed by atoms with Crippen LogP contribution in [-0.4, -0.2) is 9.97 Å². The Morgan fingerprint density at radius 3 is 2.64 bits per heavy atom. The molecule has 0 spiro atoms. The van der Waals surface area contributed by atoms with Crippen molar-refractivity contribution in [1.29, 1.82) is 0 Å². The van der Waals surface area contributed by atoms with Gasteiger partial charge in [-0.1, -0.05) is 35.4 Å². The highest BCUT2D eigenvalue weighted by Gasteiger charge is 2.03. The van der Waals surface area contributed by atoms with E-state index in [1.807, 2.05) is 0 Å². The molecule has 0 aliphatic rings. The van der Waals surface area contributed by atoms with Crippen LogP contribution in [0.15, 0.2) is 12.3 Å². The third-order valence-electron chi connectivity index (χ3n) is 1.09. The van der Waals surface area contributed by atoms with Crippen LogP contribution >= 0.6 is 35.4 Å². The van der Waals surface area contributed by atoms with Crippen molar-refractivity contribution in [1.82, 2.24) is 4.98 Å². The van der Waals surface area contributed by atoms with Gasteiger partial charge in [0.2, 0.25) is 0 Å². The molecule has 0 unspecified atom stereocenters. The van der Waals surface area contributed by atoms with Crippen molar-refractivity contribution in [2.45, 2.75) is 0 Å². The molecule has 1 aromatic rings. The highest BCUT2D eigenvalue weighted by atomic mass is 35.5. The summed E-state index contributed by atoms with van der Waals surface area (Å²) in [6, 6.07) is 1.50. The van der Waals surface area contributed by atoms with Crippen LogP contribution in [0.2, 0.25) is 10.2 Å². The fourth-order valence-corrected chi connectivity index (χ4v) is 1.28. The average Bonchev–Trinajstić information content (AvgIpc) is 1.85. The maximum atomic E-state index is 5.73. The first-order valence-corrected chi connectivity index (χ1v) is 3.88.